The Morgan fingerprint density at radius 1 is 0.914 bits per heavy atom. The Hall–Kier alpha value is -3.53. The number of nitrogens with one attached hydrogen (secondary N) is 1. The lowest BCUT2D eigenvalue weighted by Gasteiger charge is -2.19. The van der Waals surface area contributed by atoms with Crippen LogP contribution in [-0.4, -0.2) is 45.8 Å². The predicted octanol–water partition coefficient (Wildman–Crippen LogP) is 2.93. The van der Waals surface area contributed by atoms with Crippen LogP contribution in [0.2, 0.25) is 0 Å². The minimum Gasteiger partial charge on any atom is -0.481 e. The zero-order valence-corrected chi connectivity index (χ0v) is 20.3. The largest absolute Gasteiger partial charge is 0.481 e. The molecule has 35 heavy (non-hydrogen) atoms. The summed E-state index contributed by atoms with van der Waals surface area (Å²) in [5.41, 5.74) is 7.31. The van der Waals surface area contributed by atoms with Crippen molar-refractivity contribution in [2.24, 2.45) is 11.7 Å². The zero-order chi connectivity index (χ0) is 26.0. The fourth-order valence-electron chi connectivity index (χ4n) is 3.56. The molecule has 0 aliphatic heterocycles. The molecule has 0 radical (unpaired) electrons. The lowest BCUT2D eigenvalue weighted by molar-refractivity contribution is -0.139. The van der Waals surface area contributed by atoms with Gasteiger partial charge in [0, 0.05) is 41.4 Å². The standard InChI is InChI=1S/C25H30N2O7S/c1-15-2-10-21(35-15)17-6-3-16(4-7-17)5-11-22(29)27-19(9-13-24(32)33)20(28)14-18(25(26)34)8-12-23(30)31/h2-4,6-7,10,18-19H,5,8-9,11-14H2,1H3,(H2,26,34)(H,27,29)(H,30,31)(H,32,33)/t18-,19+/m1/s1. The molecule has 0 aliphatic carbocycles. The quantitative estimate of drug-likeness (QED) is 0.291. The number of Topliss-reactive ketones (excluding diaryl/α,β-unsaturated/α-hetero) is 1. The first-order chi connectivity index (χ1) is 16.5. The number of nitrogens with two attached hydrogens (primary N) is 1. The summed E-state index contributed by atoms with van der Waals surface area (Å²) in [6.45, 7) is 2.04. The van der Waals surface area contributed by atoms with Crippen LogP contribution >= 0.6 is 11.3 Å². The molecule has 5 N–H and O–H groups in total. The third-order valence-electron chi connectivity index (χ3n) is 5.55. The summed E-state index contributed by atoms with van der Waals surface area (Å²) in [7, 11) is 0. The highest BCUT2D eigenvalue weighted by Gasteiger charge is 2.27. The second-order valence-corrected chi connectivity index (χ2v) is 9.65. The highest BCUT2D eigenvalue weighted by Crippen LogP contribution is 2.27. The number of rotatable bonds is 15. The number of hydrogen-bond donors (Lipinski definition) is 4. The van der Waals surface area contributed by atoms with Crippen molar-refractivity contribution in [3.8, 4) is 10.4 Å². The Balaban J connectivity index is 1.96. The smallest absolute Gasteiger partial charge is 0.303 e. The van der Waals surface area contributed by atoms with Gasteiger partial charge in [-0.1, -0.05) is 24.3 Å². The predicted molar refractivity (Wildman–Crippen MR) is 131 cm³/mol. The molecule has 2 amide bonds. The van der Waals surface area contributed by atoms with E-state index >= 15 is 0 Å². The van der Waals surface area contributed by atoms with Gasteiger partial charge in [0.2, 0.25) is 11.8 Å². The average molecular weight is 503 g/mol. The number of ketones is 1. The fraction of sp³-hybridized carbons (Fsp3) is 0.400. The second-order valence-electron chi connectivity index (χ2n) is 8.36. The summed E-state index contributed by atoms with van der Waals surface area (Å²) >= 11 is 1.70. The van der Waals surface area contributed by atoms with Gasteiger partial charge >= 0.3 is 11.9 Å². The molecule has 188 valence electrons. The van der Waals surface area contributed by atoms with Gasteiger partial charge in [-0.3, -0.25) is 24.0 Å². The van der Waals surface area contributed by atoms with Gasteiger partial charge in [-0.2, -0.15) is 0 Å². The van der Waals surface area contributed by atoms with Crippen molar-refractivity contribution in [1.29, 1.82) is 0 Å². The Bertz CT molecular complexity index is 1060. The Kier molecular flexibility index (Phi) is 10.6. The number of aryl methyl sites for hydroxylation is 2. The van der Waals surface area contributed by atoms with Crippen LogP contribution in [-0.2, 0) is 30.4 Å². The second kappa shape index (κ2) is 13.4. The molecule has 0 spiro atoms. The molecule has 0 bridgehead atoms. The van der Waals surface area contributed by atoms with Crippen LogP contribution in [0.1, 0.15) is 49.0 Å². The van der Waals surface area contributed by atoms with E-state index in [4.69, 9.17) is 15.9 Å². The molecule has 1 heterocycles. The summed E-state index contributed by atoms with van der Waals surface area (Å²) in [5.74, 6) is -5.05. The highest BCUT2D eigenvalue weighted by molar-refractivity contribution is 7.15. The first-order valence-electron chi connectivity index (χ1n) is 11.3. The van der Waals surface area contributed by atoms with Crippen LogP contribution in [0, 0.1) is 12.8 Å². The number of primary amides is 1. The summed E-state index contributed by atoms with van der Waals surface area (Å²) < 4.78 is 0. The van der Waals surface area contributed by atoms with Crippen LogP contribution in [0.4, 0.5) is 0 Å². The maximum absolute atomic E-state index is 12.7. The molecule has 0 saturated heterocycles. The molecule has 0 fully saturated rings. The summed E-state index contributed by atoms with van der Waals surface area (Å²) in [6.07, 6.45) is -0.785. The van der Waals surface area contributed by atoms with E-state index in [0.29, 0.717) is 6.42 Å². The van der Waals surface area contributed by atoms with Gasteiger partial charge in [-0.15, -0.1) is 11.3 Å². The van der Waals surface area contributed by atoms with Gasteiger partial charge < -0.3 is 21.3 Å². The van der Waals surface area contributed by atoms with Crippen molar-refractivity contribution in [3.63, 3.8) is 0 Å². The van der Waals surface area contributed by atoms with Crippen LogP contribution in [0.15, 0.2) is 36.4 Å². The van der Waals surface area contributed by atoms with E-state index in [1.807, 2.05) is 31.2 Å². The average Bonchev–Trinajstić information content (AvgIpc) is 3.23. The number of carbonyl (C=O) groups excluding carboxylic acids is 3. The van der Waals surface area contributed by atoms with Crippen molar-refractivity contribution in [1.82, 2.24) is 5.32 Å². The number of benzene rings is 1. The van der Waals surface area contributed by atoms with Crippen molar-refractivity contribution in [2.45, 2.75) is 57.9 Å². The molecular formula is C25H30N2O7S. The SMILES string of the molecule is Cc1ccc(-c2ccc(CCC(=O)N[C@@H](CCC(=O)O)C(=O)C[C@@H](CCC(=O)O)C(N)=O)cc2)s1. The first kappa shape index (κ1) is 27.7. The van der Waals surface area contributed by atoms with Crippen molar-refractivity contribution in [3.05, 3.63) is 46.8 Å². The lowest BCUT2D eigenvalue weighted by atomic mass is 9.92. The molecule has 0 aliphatic rings. The molecule has 10 heteroatoms. The maximum atomic E-state index is 12.7. The van der Waals surface area contributed by atoms with E-state index in [1.165, 1.54) is 4.88 Å². The van der Waals surface area contributed by atoms with Crippen molar-refractivity contribution < 1.29 is 34.2 Å². The highest BCUT2D eigenvalue weighted by atomic mass is 32.1. The van der Waals surface area contributed by atoms with Gasteiger partial charge in [0.15, 0.2) is 5.78 Å². The van der Waals surface area contributed by atoms with Crippen LogP contribution in [0.5, 0.6) is 0 Å². The number of carbonyl (C=O) groups is 5. The molecule has 2 atom stereocenters. The number of thiophene rings is 1. The topological polar surface area (TPSA) is 164 Å². The Morgan fingerprint density at radius 2 is 1.54 bits per heavy atom. The number of aliphatic carboxylic acids is 2. The number of hydrogen-bond acceptors (Lipinski definition) is 6. The van der Waals surface area contributed by atoms with Gasteiger partial charge in [0.05, 0.1) is 6.04 Å². The third kappa shape index (κ3) is 9.70. The first-order valence-corrected chi connectivity index (χ1v) is 12.1. The minimum atomic E-state index is -1.13. The molecule has 0 saturated carbocycles. The van der Waals surface area contributed by atoms with Gasteiger partial charge in [-0.25, -0.2) is 0 Å². The summed E-state index contributed by atoms with van der Waals surface area (Å²) in [5, 5.41) is 20.4. The Morgan fingerprint density at radius 3 is 2.09 bits per heavy atom. The number of carboxylic acid groups (broad SMARTS) is 2. The number of carboxylic acids is 2. The number of amides is 2. The minimum absolute atomic E-state index is 0.0899. The van der Waals surface area contributed by atoms with E-state index in [1.54, 1.807) is 11.3 Å². The van der Waals surface area contributed by atoms with Crippen LogP contribution in [0.3, 0.4) is 0 Å². The maximum Gasteiger partial charge on any atom is 0.303 e. The molecule has 1 aromatic carbocycles. The summed E-state index contributed by atoms with van der Waals surface area (Å²) in [6, 6.07) is 10.8. The molecule has 2 rings (SSSR count). The molecule has 9 nitrogen and oxygen atoms in total. The van der Waals surface area contributed by atoms with Crippen molar-refractivity contribution in [2.75, 3.05) is 0 Å². The monoisotopic (exact) mass is 502 g/mol. The van der Waals surface area contributed by atoms with E-state index in [2.05, 4.69) is 17.4 Å². The lowest BCUT2D eigenvalue weighted by Crippen LogP contribution is -2.43. The normalized spacial score (nSPS) is 12.5. The van der Waals surface area contributed by atoms with E-state index in [-0.39, 0.29) is 38.5 Å². The van der Waals surface area contributed by atoms with Gasteiger partial charge in [0.1, 0.15) is 0 Å². The van der Waals surface area contributed by atoms with Gasteiger partial charge in [0.25, 0.3) is 0 Å². The molecule has 2 aromatic rings. The van der Waals surface area contributed by atoms with Crippen LogP contribution in [0.25, 0.3) is 10.4 Å². The van der Waals surface area contributed by atoms with Gasteiger partial charge in [-0.05, 0) is 49.4 Å². The summed E-state index contributed by atoms with van der Waals surface area (Å²) in [4.78, 5) is 61.1. The van der Waals surface area contributed by atoms with Crippen LogP contribution < -0.4 is 11.1 Å². The molecule has 1 aromatic heterocycles. The third-order valence-corrected chi connectivity index (χ3v) is 6.60. The molecule has 0 unspecified atom stereocenters. The Labute approximate surface area is 207 Å². The van der Waals surface area contributed by atoms with E-state index < -0.39 is 41.5 Å². The fourth-order valence-corrected chi connectivity index (χ4v) is 4.43. The van der Waals surface area contributed by atoms with Crippen molar-refractivity contribution >= 4 is 40.9 Å². The molecular weight excluding hydrogens is 472 g/mol. The zero-order valence-electron chi connectivity index (χ0n) is 19.5. The van der Waals surface area contributed by atoms with E-state index in [9.17, 15) is 24.0 Å². The van der Waals surface area contributed by atoms with E-state index in [0.717, 1.165) is 16.0 Å².